The fourth-order valence-electron chi connectivity index (χ4n) is 3.43. The molecule has 0 fully saturated rings. The highest BCUT2D eigenvalue weighted by atomic mass is 35.5. The lowest BCUT2D eigenvalue weighted by Gasteiger charge is -2.18. The maximum absolute atomic E-state index is 6.31. The number of hydrogen-bond donors (Lipinski definition) is 1. The Balaban J connectivity index is 1.77. The number of nitrogens with zero attached hydrogens (tertiary/aromatic N) is 2. The van der Waals surface area contributed by atoms with Crippen molar-refractivity contribution in [1.29, 1.82) is 0 Å². The van der Waals surface area contributed by atoms with Crippen LogP contribution in [0.3, 0.4) is 0 Å². The van der Waals surface area contributed by atoms with Gasteiger partial charge in [-0.3, -0.25) is 0 Å². The fraction of sp³-hybridized carbons (Fsp3) is 0.150. The molecular weight excluding hydrogens is 318 g/mol. The molecule has 3 aromatic rings. The zero-order valence-corrected chi connectivity index (χ0v) is 14.2. The Hall–Kier alpha value is -2.52. The number of halogens is 1. The van der Waals surface area contributed by atoms with Crippen molar-refractivity contribution in [1.82, 2.24) is 0 Å². The predicted octanol–water partition coefficient (Wildman–Crippen LogP) is 5.06. The second-order valence-electron chi connectivity index (χ2n) is 6.18. The van der Waals surface area contributed by atoms with Gasteiger partial charge in [-0.25, -0.2) is 4.99 Å². The largest absolute Gasteiger partial charge is 0.369 e. The molecule has 120 valence electrons. The van der Waals surface area contributed by atoms with Crippen molar-refractivity contribution >= 4 is 39.7 Å². The number of rotatable bonds is 1. The van der Waals surface area contributed by atoms with Gasteiger partial charge in [-0.15, -0.1) is 0 Å². The molecule has 3 nitrogen and oxygen atoms in total. The first-order chi connectivity index (χ1) is 11.6. The Labute approximate surface area is 146 Å². The van der Waals surface area contributed by atoms with E-state index in [4.69, 9.17) is 17.3 Å². The molecule has 0 radical (unpaired) electrons. The van der Waals surface area contributed by atoms with Crippen LogP contribution >= 0.6 is 11.6 Å². The van der Waals surface area contributed by atoms with E-state index in [0.717, 1.165) is 17.9 Å². The summed E-state index contributed by atoms with van der Waals surface area (Å²) in [7, 11) is 0. The fourth-order valence-corrected chi connectivity index (χ4v) is 3.55. The monoisotopic (exact) mass is 335 g/mol. The van der Waals surface area contributed by atoms with Crippen LogP contribution in [-0.2, 0) is 0 Å². The normalized spacial score (nSPS) is 17.3. The molecule has 0 aliphatic carbocycles. The summed E-state index contributed by atoms with van der Waals surface area (Å²) in [4.78, 5) is 6.66. The van der Waals surface area contributed by atoms with E-state index in [0.29, 0.717) is 16.9 Å². The second-order valence-corrected chi connectivity index (χ2v) is 6.61. The van der Waals surface area contributed by atoms with Crippen LogP contribution in [0.25, 0.3) is 10.8 Å². The molecule has 0 saturated heterocycles. The zero-order chi connectivity index (χ0) is 16.7. The Morgan fingerprint density at radius 3 is 2.62 bits per heavy atom. The molecule has 4 rings (SSSR count). The molecule has 4 heteroatoms. The third kappa shape index (κ3) is 2.51. The van der Waals surface area contributed by atoms with Crippen molar-refractivity contribution in [2.24, 2.45) is 10.7 Å². The van der Waals surface area contributed by atoms with Gasteiger partial charge in [0.15, 0.2) is 0 Å². The smallest absolute Gasteiger partial charge is 0.201 e. The standard InChI is InChI=1S/C20H18ClN3/c1-13-12-24(20(22)23-16-9-7-15(21)8-10-16)18-11-6-14-4-2-3-5-17(14)19(13)18/h2-11,13H,12H2,1H3,(H2,22,23). The van der Waals surface area contributed by atoms with E-state index in [1.165, 1.54) is 16.3 Å². The lowest BCUT2D eigenvalue weighted by atomic mass is 9.96. The summed E-state index contributed by atoms with van der Waals surface area (Å²) in [5.74, 6) is 0.920. The Bertz CT molecular complexity index is 931. The Morgan fingerprint density at radius 2 is 1.83 bits per heavy atom. The summed E-state index contributed by atoms with van der Waals surface area (Å²) >= 11 is 5.93. The third-order valence-corrected chi connectivity index (χ3v) is 4.79. The predicted molar refractivity (Wildman–Crippen MR) is 102 cm³/mol. The minimum Gasteiger partial charge on any atom is -0.369 e. The lowest BCUT2D eigenvalue weighted by Crippen LogP contribution is -2.36. The Kier molecular flexibility index (Phi) is 3.66. The maximum atomic E-state index is 6.31. The van der Waals surface area contributed by atoms with Gasteiger partial charge in [0.25, 0.3) is 0 Å². The van der Waals surface area contributed by atoms with Crippen molar-refractivity contribution < 1.29 is 0 Å². The van der Waals surface area contributed by atoms with Crippen LogP contribution in [0.1, 0.15) is 18.4 Å². The van der Waals surface area contributed by atoms with E-state index in [1.807, 2.05) is 24.3 Å². The third-order valence-electron chi connectivity index (χ3n) is 4.53. The molecule has 0 bridgehead atoms. The minimum absolute atomic E-state index is 0.407. The lowest BCUT2D eigenvalue weighted by molar-refractivity contribution is 0.824. The average molecular weight is 336 g/mol. The number of hydrogen-bond acceptors (Lipinski definition) is 1. The number of aliphatic imine (C=N–C) groups is 1. The van der Waals surface area contributed by atoms with Gasteiger partial charge in [0.05, 0.1) is 5.69 Å². The molecule has 3 aromatic carbocycles. The quantitative estimate of drug-likeness (QED) is 0.498. The first-order valence-electron chi connectivity index (χ1n) is 8.02. The van der Waals surface area contributed by atoms with Crippen LogP contribution in [0.15, 0.2) is 65.7 Å². The van der Waals surface area contributed by atoms with E-state index in [1.54, 1.807) is 0 Å². The van der Waals surface area contributed by atoms with Gasteiger partial charge < -0.3 is 10.6 Å². The summed E-state index contributed by atoms with van der Waals surface area (Å²) < 4.78 is 0. The van der Waals surface area contributed by atoms with E-state index in [9.17, 15) is 0 Å². The van der Waals surface area contributed by atoms with Crippen molar-refractivity contribution in [2.45, 2.75) is 12.8 Å². The molecule has 1 aliphatic rings. The van der Waals surface area contributed by atoms with E-state index >= 15 is 0 Å². The molecule has 1 atom stereocenters. The van der Waals surface area contributed by atoms with Gasteiger partial charge >= 0.3 is 0 Å². The molecule has 1 aliphatic heterocycles. The molecule has 2 N–H and O–H groups in total. The van der Waals surface area contributed by atoms with Gasteiger partial charge in [0.2, 0.25) is 5.96 Å². The number of fused-ring (bicyclic) bond motifs is 3. The highest BCUT2D eigenvalue weighted by Gasteiger charge is 2.29. The maximum Gasteiger partial charge on any atom is 0.201 e. The molecule has 1 unspecified atom stereocenters. The van der Waals surface area contributed by atoms with Crippen molar-refractivity contribution in [2.75, 3.05) is 11.4 Å². The van der Waals surface area contributed by atoms with Crippen LogP contribution < -0.4 is 10.6 Å². The summed E-state index contributed by atoms with van der Waals surface area (Å²) in [6, 6.07) is 20.2. The highest BCUT2D eigenvalue weighted by molar-refractivity contribution is 6.30. The van der Waals surface area contributed by atoms with E-state index < -0.39 is 0 Å². The molecule has 0 spiro atoms. The number of benzene rings is 3. The van der Waals surface area contributed by atoms with Crippen LogP contribution in [0.2, 0.25) is 5.02 Å². The summed E-state index contributed by atoms with van der Waals surface area (Å²) in [5, 5.41) is 3.25. The molecule has 0 amide bonds. The van der Waals surface area contributed by atoms with Crippen LogP contribution in [0.4, 0.5) is 11.4 Å². The van der Waals surface area contributed by atoms with Crippen molar-refractivity contribution in [3.8, 4) is 0 Å². The van der Waals surface area contributed by atoms with Gasteiger partial charge in [-0.1, -0.05) is 48.9 Å². The first kappa shape index (κ1) is 15.0. The summed E-state index contributed by atoms with van der Waals surface area (Å²) in [5.41, 5.74) is 9.62. The topological polar surface area (TPSA) is 41.6 Å². The second kappa shape index (κ2) is 5.84. The molecule has 1 heterocycles. The van der Waals surface area contributed by atoms with Crippen molar-refractivity contribution in [3.63, 3.8) is 0 Å². The SMILES string of the molecule is CC1CN(C(N)=Nc2ccc(Cl)cc2)c2ccc3ccccc3c21. The van der Waals surface area contributed by atoms with Crippen LogP contribution in [0.5, 0.6) is 0 Å². The van der Waals surface area contributed by atoms with Gasteiger partial charge in [0.1, 0.15) is 0 Å². The van der Waals surface area contributed by atoms with Gasteiger partial charge in [-0.2, -0.15) is 0 Å². The summed E-state index contributed by atoms with van der Waals surface area (Å²) in [6.07, 6.45) is 0. The highest BCUT2D eigenvalue weighted by Crippen LogP contribution is 2.40. The van der Waals surface area contributed by atoms with Gasteiger partial charge in [-0.05, 0) is 46.7 Å². The summed E-state index contributed by atoms with van der Waals surface area (Å²) in [6.45, 7) is 3.08. The first-order valence-corrected chi connectivity index (χ1v) is 8.40. The van der Waals surface area contributed by atoms with Crippen molar-refractivity contribution in [3.05, 3.63) is 71.2 Å². The molecule has 0 saturated carbocycles. The van der Waals surface area contributed by atoms with Crippen LogP contribution in [-0.4, -0.2) is 12.5 Å². The number of nitrogens with two attached hydrogens (primary N) is 1. The zero-order valence-electron chi connectivity index (χ0n) is 13.4. The average Bonchev–Trinajstić information content (AvgIpc) is 2.94. The van der Waals surface area contributed by atoms with Gasteiger partial charge in [0, 0.05) is 23.2 Å². The van der Waals surface area contributed by atoms with E-state index in [-0.39, 0.29) is 0 Å². The minimum atomic E-state index is 0.407. The molecule has 0 aromatic heterocycles. The number of guanidine groups is 1. The van der Waals surface area contributed by atoms with Crippen LogP contribution in [0, 0.1) is 0 Å². The Morgan fingerprint density at radius 1 is 1.08 bits per heavy atom. The van der Waals surface area contributed by atoms with E-state index in [2.05, 4.69) is 53.2 Å². The number of anilines is 1. The molecular formula is C20H18ClN3. The molecule has 24 heavy (non-hydrogen) atoms.